The van der Waals surface area contributed by atoms with Crippen LogP contribution in [0.25, 0.3) is 0 Å². The molecule has 1 unspecified atom stereocenters. The highest BCUT2D eigenvalue weighted by atomic mass is 15.2. The number of rotatable bonds is 8. The SMILES string of the molecule is CCNc1ncnc(N(CC)CC(C)CC)c1C(C)C. The van der Waals surface area contributed by atoms with E-state index in [-0.39, 0.29) is 0 Å². The molecule has 0 aliphatic carbocycles. The standard InChI is InChI=1S/C16H30N4/c1-7-13(6)10-20(9-3)16-14(12(4)5)15(17-8-2)18-11-19-16/h11-13H,7-10H2,1-6H3,(H,17,18,19). The Kier molecular flexibility index (Phi) is 6.76. The number of hydrogen-bond donors (Lipinski definition) is 1. The second kappa shape index (κ2) is 8.08. The van der Waals surface area contributed by atoms with Gasteiger partial charge in [0.25, 0.3) is 0 Å². The van der Waals surface area contributed by atoms with Crippen LogP contribution in [0.3, 0.4) is 0 Å². The molecule has 0 saturated heterocycles. The third-order valence-corrected chi connectivity index (χ3v) is 3.69. The van der Waals surface area contributed by atoms with Gasteiger partial charge in [-0.25, -0.2) is 9.97 Å². The molecule has 1 aromatic heterocycles. The lowest BCUT2D eigenvalue weighted by Crippen LogP contribution is -2.30. The summed E-state index contributed by atoms with van der Waals surface area (Å²) in [6.45, 7) is 16.2. The second-order valence-corrected chi connectivity index (χ2v) is 5.70. The molecule has 0 saturated carbocycles. The van der Waals surface area contributed by atoms with Crippen LogP contribution in [0, 0.1) is 5.92 Å². The van der Waals surface area contributed by atoms with Crippen LogP contribution < -0.4 is 10.2 Å². The highest BCUT2D eigenvalue weighted by molar-refractivity contribution is 5.60. The van der Waals surface area contributed by atoms with Gasteiger partial charge in [0.2, 0.25) is 0 Å². The number of hydrogen-bond acceptors (Lipinski definition) is 4. The maximum absolute atomic E-state index is 4.58. The van der Waals surface area contributed by atoms with Crippen molar-refractivity contribution < 1.29 is 0 Å². The van der Waals surface area contributed by atoms with Crippen LogP contribution in [0.15, 0.2) is 6.33 Å². The zero-order chi connectivity index (χ0) is 15.1. The first-order valence-corrected chi connectivity index (χ1v) is 7.88. The highest BCUT2D eigenvalue weighted by Gasteiger charge is 2.19. The summed E-state index contributed by atoms with van der Waals surface area (Å²) in [5.41, 5.74) is 1.24. The lowest BCUT2D eigenvalue weighted by molar-refractivity contribution is 0.543. The fourth-order valence-corrected chi connectivity index (χ4v) is 2.35. The van der Waals surface area contributed by atoms with Crippen molar-refractivity contribution in [3.63, 3.8) is 0 Å². The maximum Gasteiger partial charge on any atom is 0.137 e. The quantitative estimate of drug-likeness (QED) is 0.783. The topological polar surface area (TPSA) is 41.1 Å². The van der Waals surface area contributed by atoms with E-state index in [9.17, 15) is 0 Å². The van der Waals surface area contributed by atoms with E-state index in [0.717, 1.165) is 31.3 Å². The molecule has 1 N–H and O–H groups in total. The van der Waals surface area contributed by atoms with Crippen molar-refractivity contribution in [2.75, 3.05) is 29.9 Å². The van der Waals surface area contributed by atoms with E-state index in [2.05, 4.69) is 61.7 Å². The molecule has 0 amide bonds. The Morgan fingerprint density at radius 1 is 1.15 bits per heavy atom. The van der Waals surface area contributed by atoms with Crippen LogP contribution in [0.4, 0.5) is 11.6 Å². The van der Waals surface area contributed by atoms with Crippen LogP contribution in [0.2, 0.25) is 0 Å². The lowest BCUT2D eigenvalue weighted by Gasteiger charge is -2.29. The second-order valence-electron chi connectivity index (χ2n) is 5.70. The molecule has 4 heteroatoms. The molecule has 1 rings (SSSR count). The third kappa shape index (κ3) is 4.09. The van der Waals surface area contributed by atoms with Gasteiger partial charge in [0.15, 0.2) is 0 Å². The summed E-state index contributed by atoms with van der Waals surface area (Å²) in [4.78, 5) is 11.4. The summed E-state index contributed by atoms with van der Waals surface area (Å²) in [5, 5.41) is 3.37. The fourth-order valence-electron chi connectivity index (χ4n) is 2.35. The summed E-state index contributed by atoms with van der Waals surface area (Å²) in [7, 11) is 0. The molecule has 114 valence electrons. The van der Waals surface area contributed by atoms with E-state index in [0.29, 0.717) is 11.8 Å². The van der Waals surface area contributed by atoms with Gasteiger partial charge >= 0.3 is 0 Å². The van der Waals surface area contributed by atoms with Crippen molar-refractivity contribution in [2.45, 2.75) is 53.9 Å². The molecule has 1 heterocycles. The number of nitrogens with one attached hydrogen (secondary N) is 1. The molecule has 0 bridgehead atoms. The van der Waals surface area contributed by atoms with Gasteiger partial charge in [-0.1, -0.05) is 34.1 Å². The van der Waals surface area contributed by atoms with Crippen LogP contribution in [0.1, 0.15) is 59.4 Å². The van der Waals surface area contributed by atoms with E-state index in [1.54, 1.807) is 6.33 Å². The smallest absolute Gasteiger partial charge is 0.137 e. The van der Waals surface area contributed by atoms with E-state index >= 15 is 0 Å². The van der Waals surface area contributed by atoms with Crippen LogP contribution in [-0.2, 0) is 0 Å². The average molecular weight is 278 g/mol. The Balaban J connectivity index is 3.16. The number of anilines is 2. The minimum Gasteiger partial charge on any atom is -0.370 e. The van der Waals surface area contributed by atoms with Crippen LogP contribution >= 0.6 is 0 Å². The molecule has 0 fully saturated rings. The predicted molar refractivity (Wildman–Crippen MR) is 87.6 cm³/mol. The van der Waals surface area contributed by atoms with Gasteiger partial charge in [0.05, 0.1) is 0 Å². The summed E-state index contributed by atoms with van der Waals surface area (Å²) < 4.78 is 0. The summed E-state index contributed by atoms with van der Waals surface area (Å²) in [5.74, 6) is 3.16. The van der Waals surface area contributed by atoms with Crippen molar-refractivity contribution in [2.24, 2.45) is 5.92 Å². The van der Waals surface area contributed by atoms with E-state index < -0.39 is 0 Å². The molecular formula is C16H30N4. The maximum atomic E-state index is 4.58. The van der Waals surface area contributed by atoms with E-state index in [4.69, 9.17) is 0 Å². The average Bonchev–Trinajstić information content (AvgIpc) is 2.44. The minimum atomic E-state index is 0.409. The zero-order valence-corrected chi connectivity index (χ0v) is 13.9. The van der Waals surface area contributed by atoms with Crippen molar-refractivity contribution in [1.82, 2.24) is 9.97 Å². The van der Waals surface area contributed by atoms with Crippen LogP contribution in [-0.4, -0.2) is 29.6 Å². The molecule has 0 spiro atoms. The van der Waals surface area contributed by atoms with Crippen molar-refractivity contribution in [1.29, 1.82) is 0 Å². The predicted octanol–water partition coefficient (Wildman–Crippen LogP) is 3.90. The number of nitrogens with zero attached hydrogens (tertiary/aromatic N) is 3. The Hall–Kier alpha value is -1.32. The molecule has 1 aromatic rings. The summed E-state index contributed by atoms with van der Waals surface area (Å²) in [6, 6.07) is 0. The van der Waals surface area contributed by atoms with E-state index in [1.807, 2.05) is 0 Å². The van der Waals surface area contributed by atoms with Gasteiger partial charge in [0, 0.05) is 25.2 Å². The first kappa shape index (κ1) is 16.7. The number of aromatic nitrogens is 2. The molecule has 4 nitrogen and oxygen atoms in total. The van der Waals surface area contributed by atoms with Gasteiger partial charge in [-0.05, 0) is 25.7 Å². The van der Waals surface area contributed by atoms with Crippen molar-refractivity contribution in [3.8, 4) is 0 Å². The normalized spacial score (nSPS) is 12.6. The van der Waals surface area contributed by atoms with Gasteiger partial charge in [0.1, 0.15) is 18.0 Å². The molecule has 0 aliphatic heterocycles. The Bertz CT molecular complexity index is 403. The van der Waals surface area contributed by atoms with Gasteiger partial charge in [-0.3, -0.25) is 0 Å². The van der Waals surface area contributed by atoms with Gasteiger partial charge in [-0.2, -0.15) is 0 Å². The molecular weight excluding hydrogens is 248 g/mol. The zero-order valence-electron chi connectivity index (χ0n) is 13.9. The first-order chi connectivity index (χ1) is 9.54. The molecule has 1 atom stereocenters. The highest BCUT2D eigenvalue weighted by Crippen LogP contribution is 2.31. The first-order valence-electron chi connectivity index (χ1n) is 7.88. The monoisotopic (exact) mass is 278 g/mol. The Morgan fingerprint density at radius 2 is 1.85 bits per heavy atom. The summed E-state index contributed by atoms with van der Waals surface area (Å²) in [6.07, 6.45) is 2.87. The molecule has 20 heavy (non-hydrogen) atoms. The fraction of sp³-hybridized carbons (Fsp3) is 0.750. The minimum absolute atomic E-state index is 0.409. The molecule has 0 radical (unpaired) electrons. The van der Waals surface area contributed by atoms with Crippen molar-refractivity contribution in [3.05, 3.63) is 11.9 Å². The Labute approximate surface area is 124 Å². The van der Waals surface area contributed by atoms with Gasteiger partial charge < -0.3 is 10.2 Å². The summed E-state index contributed by atoms with van der Waals surface area (Å²) >= 11 is 0. The van der Waals surface area contributed by atoms with Gasteiger partial charge in [-0.15, -0.1) is 0 Å². The molecule has 0 aromatic carbocycles. The molecule has 0 aliphatic rings. The Morgan fingerprint density at radius 3 is 2.35 bits per heavy atom. The third-order valence-electron chi connectivity index (χ3n) is 3.69. The van der Waals surface area contributed by atoms with Crippen molar-refractivity contribution >= 4 is 11.6 Å². The largest absolute Gasteiger partial charge is 0.370 e. The van der Waals surface area contributed by atoms with Crippen LogP contribution in [0.5, 0.6) is 0 Å². The van der Waals surface area contributed by atoms with E-state index in [1.165, 1.54) is 12.0 Å². The lowest BCUT2D eigenvalue weighted by atomic mass is 10.0.